The first-order valence-corrected chi connectivity index (χ1v) is 9.10. The van der Waals surface area contributed by atoms with E-state index < -0.39 is 4.75 Å². The number of thioether (sulfide) groups is 1. The maximum Gasteiger partial charge on any atom is 0.354 e. The minimum absolute atomic E-state index is 0.0761. The number of aliphatic hydroxyl groups is 1. The van der Waals surface area contributed by atoms with Gasteiger partial charge < -0.3 is 5.11 Å². The van der Waals surface area contributed by atoms with Gasteiger partial charge in [0.1, 0.15) is 4.75 Å². The van der Waals surface area contributed by atoms with Gasteiger partial charge in [0.2, 0.25) is 0 Å². The van der Waals surface area contributed by atoms with Crippen molar-refractivity contribution in [2.24, 2.45) is 0 Å². The Kier molecular flexibility index (Phi) is 5.69. The number of hydrogen-bond acceptors (Lipinski definition) is 2. The van der Waals surface area contributed by atoms with Gasteiger partial charge in [-0.05, 0) is 28.5 Å². The SMILES string of the molecule is OCCC(=[OH+])SC(c1ccccc1)(c1ccccc1)c1ccccc1. The third-order valence-electron chi connectivity index (χ3n) is 4.14. The second-order valence-corrected chi connectivity index (χ2v) is 7.04. The minimum atomic E-state index is -0.580. The lowest BCUT2D eigenvalue weighted by Gasteiger charge is -2.33. The Labute approximate surface area is 152 Å². The summed E-state index contributed by atoms with van der Waals surface area (Å²) in [6.45, 7) is -0.0761. The normalized spacial score (nSPS) is 11.2. The van der Waals surface area contributed by atoms with E-state index in [4.69, 9.17) is 0 Å². The number of rotatable bonds is 6. The van der Waals surface area contributed by atoms with Gasteiger partial charge in [0, 0.05) is 0 Å². The summed E-state index contributed by atoms with van der Waals surface area (Å²) in [4.78, 5) is 10.5. The first-order chi connectivity index (χ1) is 12.3. The molecule has 3 aromatic carbocycles. The van der Waals surface area contributed by atoms with E-state index in [1.54, 1.807) is 0 Å². The Hall–Kier alpha value is -2.36. The lowest BCUT2D eigenvalue weighted by Crippen LogP contribution is -2.27. The summed E-state index contributed by atoms with van der Waals surface area (Å²) in [5, 5.41) is 9.47. The Morgan fingerprint density at radius 2 is 1.08 bits per heavy atom. The molecule has 3 heteroatoms. The van der Waals surface area contributed by atoms with Crippen LogP contribution < -0.4 is 0 Å². The van der Waals surface area contributed by atoms with E-state index in [1.165, 1.54) is 11.8 Å². The van der Waals surface area contributed by atoms with Crippen molar-refractivity contribution in [1.82, 2.24) is 0 Å². The maximum absolute atomic E-state index is 10.5. The van der Waals surface area contributed by atoms with Gasteiger partial charge in [0.05, 0.1) is 13.0 Å². The Morgan fingerprint density at radius 1 is 0.720 bits per heavy atom. The summed E-state index contributed by atoms with van der Waals surface area (Å²) in [5.74, 6) is 0. The predicted octanol–water partition coefficient (Wildman–Crippen LogP) is 4.60. The van der Waals surface area contributed by atoms with Crippen LogP contribution in [-0.4, -0.2) is 21.6 Å². The molecule has 0 aliphatic rings. The maximum atomic E-state index is 10.5. The highest BCUT2D eigenvalue weighted by Crippen LogP contribution is 2.48. The molecule has 0 unspecified atom stereocenters. The van der Waals surface area contributed by atoms with Crippen molar-refractivity contribution in [2.45, 2.75) is 11.2 Å². The lowest BCUT2D eigenvalue weighted by molar-refractivity contribution is 0.305. The van der Waals surface area contributed by atoms with Crippen LogP contribution in [0.15, 0.2) is 91.0 Å². The molecule has 0 bridgehead atoms. The van der Waals surface area contributed by atoms with Crippen molar-refractivity contribution in [3.05, 3.63) is 108 Å². The third kappa shape index (κ3) is 3.68. The molecule has 0 fully saturated rings. The van der Waals surface area contributed by atoms with E-state index in [0.717, 1.165) is 16.7 Å². The van der Waals surface area contributed by atoms with Gasteiger partial charge in [-0.3, -0.25) is 4.79 Å². The van der Waals surface area contributed by atoms with E-state index in [-0.39, 0.29) is 18.1 Å². The average molecular weight is 349 g/mol. The van der Waals surface area contributed by atoms with Crippen LogP contribution in [-0.2, 0) is 4.75 Å². The molecular weight excluding hydrogens is 328 g/mol. The molecule has 0 aliphatic heterocycles. The first-order valence-electron chi connectivity index (χ1n) is 8.28. The number of aliphatic hydroxyl groups excluding tert-OH is 1. The monoisotopic (exact) mass is 349 g/mol. The zero-order valence-electron chi connectivity index (χ0n) is 13.9. The van der Waals surface area contributed by atoms with Crippen molar-refractivity contribution in [3.63, 3.8) is 0 Å². The number of benzene rings is 3. The molecule has 3 rings (SSSR count). The Bertz CT molecular complexity index is 705. The average Bonchev–Trinajstić information content (AvgIpc) is 2.68. The summed E-state index contributed by atoms with van der Waals surface area (Å²) < 4.78 is -0.580. The highest BCUT2D eigenvalue weighted by atomic mass is 32.2. The first kappa shape index (κ1) is 17.5. The standard InChI is InChI=1S/C22H20O2S/c23-17-16-21(24)25-22(18-10-4-1-5-11-18,19-12-6-2-7-13-19)20-14-8-3-9-15-20/h1-15,23H,16-17H2/p+1. The van der Waals surface area contributed by atoms with Crippen molar-refractivity contribution < 1.29 is 9.90 Å². The molecule has 0 aromatic heterocycles. The van der Waals surface area contributed by atoms with E-state index in [0.29, 0.717) is 0 Å². The topological polar surface area (TPSA) is 41.6 Å². The smallest absolute Gasteiger partial charge is 0.354 e. The van der Waals surface area contributed by atoms with Crippen LogP contribution in [0.2, 0.25) is 0 Å². The summed E-state index contributed by atoms with van der Waals surface area (Å²) >= 11 is 1.39. The van der Waals surface area contributed by atoms with Gasteiger partial charge in [0.25, 0.3) is 0 Å². The molecule has 0 spiro atoms. The largest absolute Gasteiger partial charge is 0.396 e. The molecule has 0 saturated heterocycles. The van der Waals surface area contributed by atoms with Gasteiger partial charge in [-0.15, -0.1) is 0 Å². The van der Waals surface area contributed by atoms with Crippen LogP contribution in [0.25, 0.3) is 0 Å². The molecule has 0 radical (unpaired) electrons. The van der Waals surface area contributed by atoms with Gasteiger partial charge in [-0.1, -0.05) is 91.0 Å². The van der Waals surface area contributed by atoms with Gasteiger partial charge in [0.15, 0.2) is 0 Å². The van der Waals surface area contributed by atoms with Crippen LogP contribution in [0.5, 0.6) is 0 Å². The third-order valence-corrected chi connectivity index (χ3v) is 5.59. The highest BCUT2D eigenvalue weighted by Gasteiger charge is 2.41. The van der Waals surface area contributed by atoms with Crippen LogP contribution in [0.1, 0.15) is 23.1 Å². The van der Waals surface area contributed by atoms with Crippen LogP contribution >= 0.6 is 11.8 Å². The fourth-order valence-electron chi connectivity index (χ4n) is 3.02. The van der Waals surface area contributed by atoms with Gasteiger partial charge in [-0.2, -0.15) is 0 Å². The zero-order valence-corrected chi connectivity index (χ0v) is 14.7. The van der Waals surface area contributed by atoms with Gasteiger partial charge in [-0.25, -0.2) is 0 Å². The molecular formula is C22H21O2S+. The van der Waals surface area contributed by atoms with Crippen molar-refractivity contribution >= 4 is 16.9 Å². The molecule has 0 aliphatic carbocycles. The summed E-state index contributed by atoms with van der Waals surface area (Å²) in [6, 6.07) is 30.6. The molecule has 2 N–H and O–H groups in total. The molecule has 2 nitrogen and oxygen atoms in total. The lowest BCUT2D eigenvalue weighted by atomic mass is 9.84. The van der Waals surface area contributed by atoms with Crippen LogP contribution in [0, 0.1) is 0 Å². The van der Waals surface area contributed by atoms with E-state index in [1.807, 2.05) is 54.6 Å². The van der Waals surface area contributed by atoms with Crippen molar-refractivity contribution in [2.75, 3.05) is 6.61 Å². The highest BCUT2D eigenvalue weighted by molar-refractivity contribution is 8.14. The van der Waals surface area contributed by atoms with E-state index in [9.17, 15) is 9.90 Å². The van der Waals surface area contributed by atoms with E-state index in [2.05, 4.69) is 36.4 Å². The minimum Gasteiger partial charge on any atom is -0.396 e. The van der Waals surface area contributed by atoms with Crippen molar-refractivity contribution in [3.8, 4) is 0 Å². The second-order valence-electron chi connectivity index (χ2n) is 5.75. The van der Waals surface area contributed by atoms with E-state index >= 15 is 0 Å². The zero-order chi connectivity index (χ0) is 17.5. The molecule has 0 atom stereocenters. The molecule has 0 heterocycles. The van der Waals surface area contributed by atoms with Crippen LogP contribution in [0.4, 0.5) is 0 Å². The number of hydrogen-bond donors (Lipinski definition) is 1. The Morgan fingerprint density at radius 3 is 1.40 bits per heavy atom. The molecule has 3 aromatic rings. The summed E-state index contributed by atoms with van der Waals surface area (Å²) in [5.41, 5.74) is 3.26. The quantitative estimate of drug-likeness (QED) is 0.522. The molecule has 0 amide bonds. The fourth-order valence-corrected chi connectivity index (χ4v) is 4.33. The summed E-state index contributed by atoms with van der Waals surface area (Å²) in [7, 11) is 0. The molecule has 126 valence electrons. The summed E-state index contributed by atoms with van der Waals surface area (Å²) in [6.07, 6.45) is 0.249. The van der Waals surface area contributed by atoms with Crippen molar-refractivity contribution in [1.29, 1.82) is 0 Å². The predicted molar refractivity (Wildman–Crippen MR) is 105 cm³/mol. The fraction of sp³-hybridized carbons (Fsp3) is 0.136. The van der Waals surface area contributed by atoms with Gasteiger partial charge >= 0.3 is 5.12 Å². The molecule has 25 heavy (non-hydrogen) atoms. The second kappa shape index (κ2) is 8.15. The molecule has 0 saturated carbocycles. The number of carbonyl (C=O) groups excluding carboxylic acids is 1. The van der Waals surface area contributed by atoms with Crippen LogP contribution in [0.3, 0.4) is 0 Å². The Balaban J connectivity index is 2.26.